The van der Waals surface area contributed by atoms with E-state index in [4.69, 9.17) is 0 Å². The van der Waals surface area contributed by atoms with E-state index < -0.39 is 43.5 Å². The molecule has 0 aliphatic rings. The molecule has 0 fully saturated rings. The number of para-hydroxylation sites is 2. The maximum absolute atomic E-state index is 13.2. The highest BCUT2D eigenvalue weighted by molar-refractivity contribution is 7.93. The molecule has 2 aromatic rings. The topological polar surface area (TPSA) is 110 Å². The van der Waals surface area contributed by atoms with Crippen molar-refractivity contribution in [2.45, 2.75) is 31.2 Å². The number of carbonyl (C=O) groups is 1. The quantitative estimate of drug-likeness (QED) is 0.601. The van der Waals surface area contributed by atoms with Crippen LogP contribution in [0.15, 0.2) is 59.5 Å². The molecule has 144 valence electrons. The van der Waals surface area contributed by atoms with Gasteiger partial charge in [-0.05, 0) is 39.0 Å². The third-order valence-corrected chi connectivity index (χ3v) is 5.30. The normalized spacial score (nSPS) is 11.7. The second-order valence-electron chi connectivity index (χ2n) is 6.87. The third kappa shape index (κ3) is 5.04. The largest absolute Gasteiger partial charge is 0.350 e. The van der Waals surface area contributed by atoms with Gasteiger partial charge in [0.25, 0.3) is 15.7 Å². The molecular weight excluding hydrogens is 370 g/mol. The van der Waals surface area contributed by atoms with Crippen molar-refractivity contribution in [2.75, 3.05) is 10.8 Å². The molecule has 0 aromatic heterocycles. The maximum atomic E-state index is 13.2. The molecule has 0 radical (unpaired) electrons. The van der Waals surface area contributed by atoms with E-state index in [9.17, 15) is 23.3 Å². The smallest absolute Gasteiger partial charge is 0.289 e. The summed E-state index contributed by atoms with van der Waals surface area (Å²) >= 11 is 0. The Morgan fingerprint density at radius 3 is 2.19 bits per heavy atom. The van der Waals surface area contributed by atoms with Crippen molar-refractivity contribution in [1.82, 2.24) is 5.32 Å². The number of amides is 1. The number of carbonyl (C=O) groups excluding carboxylic acids is 1. The van der Waals surface area contributed by atoms with E-state index in [1.807, 2.05) is 0 Å². The lowest BCUT2D eigenvalue weighted by atomic mass is 10.1. The molecule has 0 unspecified atom stereocenters. The Morgan fingerprint density at radius 1 is 1.07 bits per heavy atom. The van der Waals surface area contributed by atoms with E-state index >= 15 is 0 Å². The fraction of sp³-hybridized carbons (Fsp3) is 0.278. The van der Waals surface area contributed by atoms with Crippen LogP contribution in [-0.2, 0) is 14.8 Å². The summed E-state index contributed by atoms with van der Waals surface area (Å²) in [6.45, 7) is 4.81. The number of nitro benzene ring substituents is 1. The first-order chi connectivity index (χ1) is 12.5. The van der Waals surface area contributed by atoms with Crippen LogP contribution in [0.2, 0.25) is 0 Å². The molecule has 2 aromatic carbocycles. The zero-order chi connectivity index (χ0) is 20.2. The SMILES string of the molecule is CC(C)(C)NC(=O)CN(c1ccccc1)S(=O)(=O)c1ccccc1[N+](=O)[O-]. The first kappa shape index (κ1) is 20.4. The number of nitro groups is 1. The van der Waals surface area contributed by atoms with Gasteiger partial charge in [0.05, 0.1) is 10.6 Å². The van der Waals surface area contributed by atoms with Crippen molar-refractivity contribution in [1.29, 1.82) is 0 Å². The zero-order valence-corrected chi connectivity index (χ0v) is 16.1. The second-order valence-corrected chi connectivity index (χ2v) is 8.70. The summed E-state index contributed by atoms with van der Waals surface area (Å²) in [5, 5.41) is 14.0. The summed E-state index contributed by atoms with van der Waals surface area (Å²) in [5.41, 5.74) is -0.864. The van der Waals surface area contributed by atoms with E-state index in [2.05, 4.69) is 5.32 Å². The standard InChI is InChI=1S/C18H21N3O5S/c1-18(2,3)19-17(22)13-20(14-9-5-4-6-10-14)27(25,26)16-12-8-7-11-15(16)21(23)24/h4-12H,13H2,1-3H3,(H,19,22). The van der Waals surface area contributed by atoms with E-state index in [0.29, 0.717) is 0 Å². The fourth-order valence-corrected chi connectivity index (χ4v) is 4.02. The van der Waals surface area contributed by atoms with Crippen LogP contribution < -0.4 is 9.62 Å². The Kier molecular flexibility index (Phi) is 5.85. The number of rotatable bonds is 6. The number of sulfonamides is 1. The van der Waals surface area contributed by atoms with Gasteiger partial charge in [-0.15, -0.1) is 0 Å². The van der Waals surface area contributed by atoms with Gasteiger partial charge in [0, 0.05) is 11.6 Å². The van der Waals surface area contributed by atoms with E-state index in [-0.39, 0.29) is 5.69 Å². The number of benzene rings is 2. The predicted molar refractivity (Wildman–Crippen MR) is 102 cm³/mol. The summed E-state index contributed by atoms with van der Waals surface area (Å²) in [4.78, 5) is 22.4. The third-order valence-electron chi connectivity index (χ3n) is 3.48. The molecule has 1 N–H and O–H groups in total. The van der Waals surface area contributed by atoms with Gasteiger partial charge in [0.15, 0.2) is 4.90 Å². The van der Waals surface area contributed by atoms with Gasteiger partial charge in [-0.25, -0.2) is 8.42 Å². The molecule has 27 heavy (non-hydrogen) atoms. The number of hydrogen-bond donors (Lipinski definition) is 1. The van der Waals surface area contributed by atoms with Crippen LogP contribution >= 0.6 is 0 Å². The van der Waals surface area contributed by atoms with Crippen LogP contribution in [0, 0.1) is 10.1 Å². The van der Waals surface area contributed by atoms with Crippen molar-refractivity contribution in [3.8, 4) is 0 Å². The van der Waals surface area contributed by atoms with E-state index in [1.165, 1.54) is 24.3 Å². The molecule has 2 rings (SSSR count). The molecule has 9 heteroatoms. The molecule has 0 aliphatic heterocycles. The van der Waals surface area contributed by atoms with Crippen LogP contribution in [0.1, 0.15) is 20.8 Å². The monoisotopic (exact) mass is 391 g/mol. The summed E-state index contributed by atoms with van der Waals surface area (Å²) in [5.74, 6) is -0.520. The second kappa shape index (κ2) is 7.75. The molecule has 0 saturated heterocycles. The average molecular weight is 391 g/mol. The molecule has 1 amide bonds. The van der Waals surface area contributed by atoms with Crippen LogP contribution in [0.4, 0.5) is 11.4 Å². The number of nitrogens with one attached hydrogen (secondary N) is 1. The number of hydrogen-bond acceptors (Lipinski definition) is 5. The lowest BCUT2D eigenvalue weighted by Gasteiger charge is -2.26. The molecule has 0 spiro atoms. The highest BCUT2D eigenvalue weighted by atomic mass is 32.2. The van der Waals surface area contributed by atoms with Crippen molar-refractivity contribution in [3.05, 3.63) is 64.7 Å². The van der Waals surface area contributed by atoms with Crippen LogP contribution in [0.3, 0.4) is 0 Å². The van der Waals surface area contributed by atoms with Gasteiger partial charge >= 0.3 is 0 Å². The maximum Gasteiger partial charge on any atom is 0.289 e. The molecule has 0 heterocycles. The van der Waals surface area contributed by atoms with Crippen molar-refractivity contribution >= 4 is 27.3 Å². The lowest BCUT2D eigenvalue weighted by Crippen LogP contribution is -2.47. The van der Waals surface area contributed by atoms with Gasteiger partial charge in [0.1, 0.15) is 6.54 Å². The van der Waals surface area contributed by atoms with Gasteiger partial charge < -0.3 is 5.32 Å². The van der Waals surface area contributed by atoms with Gasteiger partial charge in [-0.2, -0.15) is 0 Å². The predicted octanol–water partition coefficient (Wildman–Crippen LogP) is 2.70. The Labute approximate surface area is 158 Å². The molecule has 0 bridgehead atoms. The minimum atomic E-state index is -4.35. The number of nitrogens with zero attached hydrogens (tertiary/aromatic N) is 2. The Bertz CT molecular complexity index is 937. The minimum absolute atomic E-state index is 0.236. The molecule has 8 nitrogen and oxygen atoms in total. The van der Waals surface area contributed by atoms with Crippen LogP contribution in [0.5, 0.6) is 0 Å². The summed E-state index contributed by atoms with van der Waals surface area (Å²) < 4.78 is 27.3. The Hall–Kier alpha value is -2.94. The minimum Gasteiger partial charge on any atom is -0.350 e. The lowest BCUT2D eigenvalue weighted by molar-refractivity contribution is -0.387. The van der Waals surface area contributed by atoms with E-state index in [1.54, 1.807) is 39.0 Å². The van der Waals surface area contributed by atoms with Crippen molar-refractivity contribution in [2.24, 2.45) is 0 Å². The first-order valence-electron chi connectivity index (χ1n) is 8.14. The average Bonchev–Trinajstić information content (AvgIpc) is 2.58. The van der Waals surface area contributed by atoms with Crippen LogP contribution in [-0.4, -0.2) is 31.3 Å². The Balaban J connectivity index is 2.53. The summed E-state index contributed by atoms with van der Waals surface area (Å²) in [6, 6.07) is 13.1. The van der Waals surface area contributed by atoms with E-state index in [0.717, 1.165) is 16.4 Å². The van der Waals surface area contributed by atoms with Gasteiger partial charge in [-0.3, -0.25) is 19.2 Å². The Morgan fingerprint density at radius 2 is 1.63 bits per heavy atom. The molecule has 0 saturated carbocycles. The first-order valence-corrected chi connectivity index (χ1v) is 9.58. The number of anilines is 1. The molecule has 0 atom stereocenters. The van der Waals surface area contributed by atoms with Gasteiger partial charge in [0.2, 0.25) is 5.91 Å². The molecule has 0 aliphatic carbocycles. The summed E-state index contributed by atoms with van der Waals surface area (Å²) in [6.07, 6.45) is 0. The highest BCUT2D eigenvalue weighted by Crippen LogP contribution is 2.29. The highest BCUT2D eigenvalue weighted by Gasteiger charge is 2.33. The van der Waals surface area contributed by atoms with Crippen LogP contribution in [0.25, 0.3) is 0 Å². The van der Waals surface area contributed by atoms with Crippen molar-refractivity contribution < 1.29 is 18.1 Å². The zero-order valence-electron chi connectivity index (χ0n) is 15.2. The summed E-state index contributed by atoms with van der Waals surface area (Å²) in [7, 11) is -4.35. The molecular formula is C18H21N3O5S. The van der Waals surface area contributed by atoms with Gasteiger partial charge in [-0.1, -0.05) is 30.3 Å². The van der Waals surface area contributed by atoms with Crippen molar-refractivity contribution in [3.63, 3.8) is 0 Å². The fourth-order valence-electron chi connectivity index (χ4n) is 2.44.